The van der Waals surface area contributed by atoms with Gasteiger partial charge in [0.25, 0.3) is 5.56 Å². The molecule has 5 nitrogen and oxygen atoms in total. The van der Waals surface area contributed by atoms with Crippen LogP contribution in [0.15, 0.2) is 65.5 Å². The molecule has 1 fully saturated rings. The lowest BCUT2D eigenvalue weighted by molar-refractivity contribution is -0.0515. The number of hydrogen-bond acceptors (Lipinski definition) is 4. The van der Waals surface area contributed by atoms with Crippen LogP contribution >= 0.6 is 0 Å². The van der Waals surface area contributed by atoms with Crippen molar-refractivity contribution in [2.24, 2.45) is 5.92 Å². The van der Waals surface area contributed by atoms with E-state index < -0.39 is 6.61 Å². The fraction of sp³-hybridized carbons (Fsp3) is 0.250. The summed E-state index contributed by atoms with van der Waals surface area (Å²) in [7, 11) is 0. The predicted molar refractivity (Wildman–Crippen MR) is 114 cm³/mol. The number of alkyl halides is 2. The summed E-state index contributed by atoms with van der Waals surface area (Å²) in [4.78, 5) is 12.1. The lowest BCUT2D eigenvalue weighted by Crippen LogP contribution is -2.22. The number of nitrogens with zero attached hydrogens (tertiary/aromatic N) is 2. The van der Waals surface area contributed by atoms with Gasteiger partial charge >= 0.3 is 6.61 Å². The lowest BCUT2D eigenvalue weighted by atomic mass is 10.1. The number of halogens is 2. The highest BCUT2D eigenvalue weighted by Gasteiger charge is 2.23. The van der Waals surface area contributed by atoms with E-state index in [1.54, 1.807) is 30.4 Å². The maximum atomic E-state index is 12.7. The first-order valence-electron chi connectivity index (χ1n) is 10.1. The van der Waals surface area contributed by atoms with E-state index >= 15 is 0 Å². The van der Waals surface area contributed by atoms with E-state index in [0.717, 1.165) is 24.0 Å². The normalized spacial score (nSPS) is 13.6. The lowest BCUT2D eigenvalue weighted by Gasteiger charge is -2.12. The molecule has 1 heterocycles. The summed E-state index contributed by atoms with van der Waals surface area (Å²) in [6.45, 7) is -2.06. The van der Waals surface area contributed by atoms with Crippen molar-refractivity contribution in [2.45, 2.75) is 26.0 Å². The summed E-state index contributed by atoms with van der Waals surface area (Å²) in [6, 6.07) is 17.5. The first-order valence-corrected chi connectivity index (χ1v) is 10.1. The van der Waals surface area contributed by atoms with Crippen LogP contribution in [-0.2, 0) is 6.54 Å². The summed E-state index contributed by atoms with van der Waals surface area (Å²) >= 11 is 0. The van der Waals surface area contributed by atoms with Gasteiger partial charge in [0.15, 0.2) is 11.5 Å². The molecule has 0 aliphatic heterocycles. The zero-order chi connectivity index (χ0) is 21.6. The Morgan fingerprint density at radius 2 is 1.84 bits per heavy atom. The molecule has 1 aliphatic rings. The zero-order valence-corrected chi connectivity index (χ0v) is 16.8. The molecule has 0 spiro atoms. The summed E-state index contributed by atoms with van der Waals surface area (Å²) in [5, 5.41) is 4.39. The first-order chi connectivity index (χ1) is 15.1. The van der Waals surface area contributed by atoms with Crippen molar-refractivity contribution in [3.8, 4) is 11.5 Å². The van der Waals surface area contributed by atoms with E-state index in [9.17, 15) is 13.6 Å². The zero-order valence-electron chi connectivity index (χ0n) is 16.8. The Morgan fingerprint density at radius 3 is 2.58 bits per heavy atom. The molecule has 3 aromatic rings. The quantitative estimate of drug-likeness (QED) is 0.493. The highest BCUT2D eigenvalue weighted by Crippen LogP contribution is 2.34. The molecule has 0 unspecified atom stereocenters. The van der Waals surface area contributed by atoms with Crippen LogP contribution in [0.3, 0.4) is 0 Å². The summed E-state index contributed by atoms with van der Waals surface area (Å²) in [5.41, 5.74) is 2.13. The third-order valence-corrected chi connectivity index (χ3v) is 4.86. The standard InChI is InChI=1S/C24H22F2N2O3/c25-24(26)31-21-12-9-17(14-22(21)30-16-19-6-7-19)8-10-20-11-13-23(29)28(27-20)15-18-4-2-1-3-5-18/h1-5,8-14,19,24H,6-7,15-16H2. The SMILES string of the molecule is O=c1ccc(C=Cc2ccc(OC(F)F)c(OCC3CC3)c2)nn1Cc1ccccc1. The second kappa shape index (κ2) is 9.55. The second-order valence-corrected chi connectivity index (χ2v) is 7.41. The molecule has 0 atom stereocenters. The number of benzene rings is 2. The molecule has 1 aromatic heterocycles. The van der Waals surface area contributed by atoms with Crippen LogP contribution in [0.2, 0.25) is 0 Å². The molecule has 0 bridgehead atoms. The Hall–Kier alpha value is -3.48. The van der Waals surface area contributed by atoms with Gasteiger partial charge in [0, 0.05) is 6.07 Å². The second-order valence-electron chi connectivity index (χ2n) is 7.41. The van der Waals surface area contributed by atoms with E-state index in [1.165, 1.54) is 16.8 Å². The minimum absolute atomic E-state index is 0.0161. The van der Waals surface area contributed by atoms with Crippen molar-refractivity contribution in [1.82, 2.24) is 9.78 Å². The molecule has 0 radical (unpaired) electrons. The number of rotatable bonds is 9. The Kier molecular flexibility index (Phi) is 6.40. The molecular formula is C24H22F2N2O3. The molecule has 7 heteroatoms. The molecule has 1 aliphatic carbocycles. The largest absolute Gasteiger partial charge is 0.489 e. The van der Waals surface area contributed by atoms with Crippen molar-refractivity contribution in [3.63, 3.8) is 0 Å². The molecular weight excluding hydrogens is 402 g/mol. The van der Waals surface area contributed by atoms with Gasteiger partial charge in [-0.15, -0.1) is 0 Å². The Balaban J connectivity index is 1.52. The van der Waals surface area contributed by atoms with Crippen LogP contribution in [0.5, 0.6) is 11.5 Å². The van der Waals surface area contributed by atoms with Crippen molar-refractivity contribution in [3.05, 3.63) is 87.8 Å². The van der Waals surface area contributed by atoms with E-state index in [-0.39, 0.29) is 17.1 Å². The predicted octanol–water partition coefficient (Wildman–Crippen LogP) is 4.85. The Bertz CT molecular complexity index is 1110. The maximum absolute atomic E-state index is 12.7. The van der Waals surface area contributed by atoms with Crippen LogP contribution in [-0.4, -0.2) is 23.0 Å². The van der Waals surface area contributed by atoms with Gasteiger partial charge in [0.2, 0.25) is 0 Å². The van der Waals surface area contributed by atoms with Gasteiger partial charge in [-0.05, 0) is 54.2 Å². The minimum atomic E-state index is -2.92. The van der Waals surface area contributed by atoms with Gasteiger partial charge in [0.1, 0.15) is 0 Å². The third-order valence-electron chi connectivity index (χ3n) is 4.86. The molecule has 160 valence electrons. The molecule has 0 saturated heterocycles. The molecule has 2 aromatic carbocycles. The van der Waals surface area contributed by atoms with Crippen LogP contribution in [0.1, 0.15) is 29.7 Å². The van der Waals surface area contributed by atoms with Gasteiger partial charge in [-0.2, -0.15) is 13.9 Å². The molecule has 0 N–H and O–H groups in total. The van der Waals surface area contributed by atoms with Gasteiger partial charge in [0.05, 0.1) is 18.8 Å². The third kappa shape index (κ3) is 6.01. The smallest absolute Gasteiger partial charge is 0.387 e. The first kappa shape index (κ1) is 20.8. The van der Waals surface area contributed by atoms with Crippen molar-refractivity contribution < 1.29 is 18.3 Å². The van der Waals surface area contributed by atoms with Gasteiger partial charge in [-0.25, -0.2) is 4.68 Å². The number of aromatic nitrogens is 2. The minimum Gasteiger partial charge on any atom is -0.489 e. The van der Waals surface area contributed by atoms with Crippen LogP contribution in [0.25, 0.3) is 12.2 Å². The van der Waals surface area contributed by atoms with E-state index in [4.69, 9.17) is 4.74 Å². The van der Waals surface area contributed by atoms with Crippen molar-refractivity contribution >= 4 is 12.2 Å². The van der Waals surface area contributed by atoms with Crippen LogP contribution in [0.4, 0.5) is 8.78 Å². The van der Waals surface area contributed by atoms with Gasteiger partial charge in [-0.3, -0.25) is 4.79 Å². The number of ether oxygens (including phenoxy) is 2. The average Bonchev–Trinajstić information content (AvgIpc) is 3.59. The Morgan fingerprint density at radius 1 is 1.03 bits per heavy atom. The summed E-state index contributed by atoms with van der Waals surface area (Å²) in [5.74, 6) is 0.784. The van der Waals surface area contributed by atoms with Gasteiger partial charge in [-0.1, -0.05) is 42.5 Å². The van der Waals surface area contributed by atoms with E-state index in [0.29, 0.717) is 24.8 Å². The fourth-order valence-corrected chi connectivity index (χ4v) is 3.03. The maximum Gasteiger partial charge on any atom is 0.387 e. The van der Waals surface area contributed by atoms with Gasteiger partial charge < -0.3 is 9.47 Å². The van der Waals surface area contributed by atoms with Crippen molar-refractivity contribution in [2.75, 3.05) is 6.61 Å². The molecule has 4 rings (SSSR count). The van der Waals surface area contributed by atoms with E-state index in [1.807, 2.05) is 30.3 Å². The molecule has 31 heavy (non-hydrogen) atoms. The molecule has 0 amide bonds. The molecule has 1 saturated carbocycles. The average molecular weight is 424 g/mol. The topological polar surface area (TPSA) is 53.4 Å². The summed E-state index contributed by atoms with van der Waals surface area (Å²) < 4.78 is 37.0. The Labute approximate surface area is 178 Å². The fourth-order valence-electron chi connectivity index (χ4n) is 3.03. The monoisotopic (exact) mass is 424 g/mol. The summed E-state index contributed by atoms with van der Waals surface area (Å²) in [6.07, 6.45) is 5.73. The van der Waals surface area contributed by atoms with Crippen LogP contribution in [0, 0.1) is 5.92 Å². The highest BCUT2D eigenvalue weighted by atomic mass is 19.3. The van der Waals surface area contributed by atoms with Crippen molar-refractivity contribution in [1.29, 1.82) is 0 Å². The van der Waals surface area contributed by atoms with Crippen LogP contribution < -0.4 is 15.0 Å². The highest BCUT2D eigenvalue weighted by molar-refractivity contribution is 5.69. The van der Waals surface area contributed by atoms with E-state index in [2.05, 4.69) is 9.84 Å². The number of hydrogen-bond donors (Lipinski definition) is 0.